The molecule has 0 aliphatic carbocycles. The number of carboxylic acids is 1. The van der Waals surface area contributed by atoms with Gasteiger partial charge in [-0.25, -0.2) is 26.4 Å². The molecule has 0 atom stereocenters. The van der Waals surface area contributed by atoms with E-state index in [1.54, 1.807) is 13.8 Å². The van der Waals surface area contributed by atoms with Gasteiger partial charge in [0.1, 0.15) is 17.3 Å². The van der Waals surface area contributed by atoms with Gasteiger partial charge in [-0.1, -0.05) is 13.8 Å². The van der Waals surface area contributed by atoms with E-state index in [2.05, 4.69) is 15.5 Å². The van der Waals surface area contributed by atoms with E-state index in [1.165, 1.54) is 18.3 Å². The third-order valence-corrected chi connectivity index (χ3v) is 8.77. The van der Waals surface area contributed by atoms with Crippen molar-refractivity contribution in [1.29, 1.82) is 0 Å². The molecule has 4 aromatic rings. The molecule has 43 heavy (non-hydrogen) atoms. The van der Waals surface area contributed by atoms with Crippen LogP contribution in [0, 0.1) is 17.5 Å². The van der Waals surface area contributed by atoms with Crippen LogP contribution in [0.15, 0.2) is 53.6 Å². The Morgan fingerprint density at radius 3 is 2.40 bits per heavy atom. The van der Waals surface area contributed by atoms with Crippen LogP contribution in [0.5, 0.6) is 0 Å². The van der Waals surface area contributed by atoms with E-state index >= 15 is 4.39 Å². The molecule has 16 heteroatoms. The minimum Gasteiger partial charge on any atom is -0.477 e. The highest BCUT2D eigenvalue weighted by molar-refractivity contribution is 7.89. The van der Waals surface area contributed by atoms with Crippen LogP contribution in [0.3, 0.4) is 0 Å². The highest BCUT2D eigenvalue weighted by Crippen LogP contribution is 2.38. The molecular formula is C27H23F3N6O6S. The first-order valence-corrected chi connectivity index (χ1v) is 13.9. The van der Waals surface area contributed by atoms with Crippen molar-refractivity contribution in [2.45, 2.75) is 30.7 Å². The van der Waals surface area contributed by atoms with Crippen molar-refractivity contribution in [2.24, 2.45) is 5.73 Å². The zero-order valence-electron chi connectivity index (χ0n) is 22.5. The fourth-order valence-electron chi connectivity index (χ4n) is 5.04. The first-order valence-electron chi connectivity index (χ1n) is 12.5. The van der Waals surface area contributed by atoms with Gasteiger partial charge in [0.05, 0.1) is 21.7 Å². The maximum Gasteiger partial charge on any atom is 0.352 e. The summed E-state index contributed by atoms with van der Waals surface area (Å²) in [5.41, 5.74) is 3.08. The molecule has 1 aliphatic heterocycles. The van der Waals surface area contributed by atoms with Crippen molar-refractivity contribution in [3.63, 3.8) is 0 Å². The number of aromatic carboxylic acids is 1. The third-order valence-electron chi connectivity index (χ3n) is 7.00. The molecule has 3 heterocycles. The molecule has 0 unspecified atom stereocenters. The number of nitrogens with zero attached hydrogens (tertiary/aromatic N) is 3. The summed E-state index contributed by atoms with van der Waals surface area (Å²) in [6.07, 6.45) is 1.25. The van der Waals surface area contributed by atoms with Gasteiger partial charge in [-0.3, -0.25) is 14.7 Å². The Balaban J connectivity index is 1.54. The number of rotatable bonds is 7. The number of carbonyl (C=O) groups excluding carboxylic acids is 2. The highest BCUT2D eigenvalue weighted by atomic mass is 32.2. The van der Waals surface area contributed by atoms with Crippen LogP contribution in [0.25, 0.3) is 5.69 Å². The van der Waals surface area contributed by atoms with Gasteiger partial charge in [0.15, 0.2) is 11.6 Å². The van der Waals surface area contributed by atoms with Gasteiger partial charge >= 0.3 is 5.97 Å². The van der Waals surface area contributed by atoms with Gasteiger partial charge in [-0.05, 0) is 36.4 Å². The minimum absolute atomic E-state index is 0.124. The Hall–Kier alpha value is -4.96. The van der Waals surface area contributed by atoms with E-state index in [9.17, 15) is 36.7 Å². The molecule has 0 fully saturated rings. The SMILES string of the molecule is CC1(C)CN(S(=O)(=O)c2cc(F)cc(F)c2)Cc2c(NC(=O)c3c(C(N)=O)ccc(-n4cccc4C(=O)O)c3F)n[nH]c21. The Morgan fingerprint density at radius 1 is 1.09 bits per heavy atom. The number of fused-ring (bicyclic) bond motifs is 1. The molecule has 224 valence electrons. The number of aromatic amines is 1. The number of anilines is 1. The van der Waals surface area contributed by atoms with E-state index in [0.717, 1.165) is 21.0 Å². The average Bonchev–Trinajstić information content (AvgIpc) is 3.55. The highest BCUT2D eigenvalue weighted by Gasteiger charge is 2.41. The number of carboxylic acid groups (broad SMARTS) is 1. The molecule has 0 saturated carbocycles. The smallest absolute Gasteiger partial charge is 0.352 e. The molecule has 0 radical (unpaired) electrons. The lowest BCUT2D eigenvalue weighted by molar-refractivity contribution is 0.0687. The van der Waals surface area contributed by atoms with Crippen LogP contribution in [-0.2, 0) is 22.0 Å². The van der Waals surface area contributed by atoms with Crippen LogP contribution in [0.1, 0.15) is 56.3 Å². The van der Waals surface area contributed by atoms with Gasteiger partial charge in [-0.15, -0.1) is 0 Å². The molecule has 2 aromatic heterocycles. The van der Waals surface area contributed by atoms with Crippen LogP contribution in [0.2, 0.25) is 0 Å². The fourth-order valence-corrected chi connectivity index (χ4v) is 6.66. The van der Waals surface area contributed by atoms with Crippen molar-refractivity contribution in [3.05, 3.63) is 94.2 Å². The largest absolute Gasteiger partial charge is 0.477 e. The number of carbonyl (C=O) groups is 3. The van der Waals surface area contributed by atoms with Gasteiger partial charge < -0.3 is 20.7 Å². The lowest BCUT2D eigenvalue weighted by Gasteiger charge is -2.36. The number of halogens is 3. The average molecular weight is 617 g/mol. The van der Waals surface area contributed by atoms with Crippen LogP contribution < -0.4 is 11.1 Å². The van der Waals surface area contributed by atoms with Crippen molar-refractivity contribution in [2.75, 3.05) is 11.9 Å². The molecule has 0 spiro atoms. The second-order valence-corrected chi connectivity index (χ2v) is 12.3. The Labute approximate surface area is 242 Å². The molecule has 12 nitrogen and oxygen atoms in total. The minimum atomic E-state index is -4.44. The van der Waals surface area contributed by atoms with E-state index in [1.807, 2.05) is 0 Å². The normalized spacial score (nSPS) is 14.7. The lowest BCUT2D eigenvalue weighted by atomic mass is 9.84. The van der Waals surface area contributed by atoms with Crippen LogP contribution in [-0.4, -0.2) is 56.9 Å². The predicted molar refractivity (Wildman–Crippen MR) is 145 cm³/mol. The quantitative estimate of drug-likeness (QED) is 0.246. The zero-order valence-corrected chi connectivity index (χ0v) is 23.3. The molecular weight excluding hydrogens is 593 g/mol. The number of primary amides is 1. The maximum absolute atomic E-state index is 15.9. The van der Waals surface area contributed by atoms with Gasteiger partial charge in [0.25, 0.3) is 5.91 Å². The molecule has 0 bridgehead atoms. The number of hydrogen-bond donors (Lipinski definition) is 4. The summed E-state index contributed by atoms with van der Waals surface area (Å²) in [5, 5.41) is 18.6. The summed E-state index contributed by atoms with van der Waals surface area (Å²) < 4.78 is 72.3. The molecule has 2 amide bonds. The monoisotopic (exact) mass is 616 g/mol. The molecule has 1 aliphatic rings. The molecule has 5 N–H and O–H groups in total. The summed E-state index contributed by atoms with van der Waals surface area (Å²) in [7, 11) is -4.44. The van der Waals surface area contributed by atoms with Crippen LogP contribution in [0.4, 0.5) is 19.0 Å². The van der Waals surface area contributed by atoms with E-state index < -0.39 is 66.7 Å². The van der Waals surface area contributed by atoms with Crippen molar-refractivity contribution >= 4 is 33.6 Å². The summed E-state index contributed by atoms with van der Waals surface area (Å²) >= 11 is 0. The second-order valence-electron chi connectivity index (χ2n) is 10.4. The third kappa shape index (κ3) is 5.14. The predicted octanol–water partition coefficient (Wildman–Crippen LogP) is 3.15. The Morgan fingerprint density at radius 2 is 1.77 bits per heavy atom. The summed E-state index contributed by atoms with van der Waals surface area (Å²) in [5.74, 6) is -7.34. The number of amides is 2. The Bertz CT molecular complexity index is 1910. The number of aromatic nitrogens is 3. The number of sulfonamides is 1. The van der Waals surface area contributed by atoms with Gasteiger partial charge in [0.2, 0.25) is 15.9 Å². The van der Waals surface area contributed by atoms with Gasteiger partial charge in [0, 0.05) is 42.0 Å². The zero-order chi connectivity index (χ0) is 31.4. The topological polar surface area (TPSA) is 180 Å². The number of H-pyrrole nitrogens is 1. The number of nitrogens with two attached hydrogens (primary N) is 1. The van der Waals surface area contributed by atoms with Gasteiger partial charge in [-0.2, -0.15) is 9.40 Å². The maximum atomic E-state index is 15.9. The number of hydrogen-bond acceptors (Lipinski definition) is 6. The summed E-state index contributed by atoms with van der Waals surface area (Å²) in [6, 6.07) is 6.61. The summed E-state index contributed by atoms with van der Waals surface area (Å²) in [6.45, 7) is 2.84. The first kappa shape index (κ1) is 29.5. The molecule has 2 aromatic carbocycles. The first-order chi connectivity index (χ1) is 20.1. The number of benzene rings is 2. The second kappa shape index (κ2) is 10.4. The van der Waals surface area contributed by atoms with Crippen molar-refractivity contribution < 1.29 is 41.1 Å². The van der Waals surface area contributed by atoms with E-state index in [4.69, 9.17) is 5.73 Å². The number of nitrogens with one attached hydrogen (secondary N) is 2. The summed E-state index contributed by atoms with van der Waals surface area (Å²) in [4.78, 5) is 36.6. The Kier molecular flexibility index (Phi) is 7.14. The fraction of sp³-hybridized carbons (Fsp3) is 0.185. The molecule has 5 rings (SSSR count). The van der Waals surface area contributed by atoms with Crippen molar-refractivity contribution in [3.8, 4) is 5.69 Å². The van der Waals surface area contributed by atoms with E-state index in [-0.39, 0.29) is 35.9 Å². The van der Waals surface area contributed by atoms with E-state index in [0.29, 0.717) is 23.9 Å². The van der Waals surface area contributed by atoms with Crippen LogP contribution >= 0.6 is 0 Å². The standard InChI is InChI=1S/C27H23F3N6O6S/c1-27(2)12-35(43(41,42)15-9-13(28)8-14(29)10-15)11-17-22(27)33-34-24(17)32-25(38)20-16(23(31)37)5-6-18(21(20)30)36-7-3-4-19(36)26(39)40/h3-10H,11-12H2,1-2H3,(H2,31,37)(H,39,40)(H2,32,33,34,38). The van der Waals surface area contributed by atoms with Crippen molar-refractivity contribution in [1.82, 2.24) is 19.1 Å². The molecule has 0 saturated heterocycles. The lowest BCUT2D eigenvalue weighted by Crippen LogP contribution is -2.45.